The van der Waals surface area contributed by atoms with Gasteiger partial charge in [0.2, 0.25) is 0 Å². The van der Waals surface area contributed by atoms with E-state index in [1.807, 2.05) is 36.0 Å². The lowest BCUT2D eigenvalue weighted by molar-refractivity contribution is -0.140. The number of piperidine rings is 1. The molecule has 6 rings (SSSR count). The summed E-state index contributed by atoms with van der Waals surface area (Å²) >= 11 is 8.71. The van der Waals surface area contributed by atoms with E-state index in [2.05, 4.69) is 93.0 Å². The molecule has 1 saturated heterocycles. The Hall–Kier alpha value is -4.27. The summed E-state index contributed by atoms with van der Waals surface area (Å²) in [6.07, 6.45) is 9.42. The van der Waals surface area contributed by atoms with Crippen molar-refractivity contribution in [2.75, 3.05) is 56.7 Å². The normalized spacial score (nSPS) is 13.0. The van der Waals surface area contributed by atoms with Crippen LogP contribution < -0.4 is 15.4 Å². The molecule has 342 valence electrons. The Morgan fingerprint density at radius 3 is 2.19 bits per heavy atom. The highest BCUT2D eigenvalue weighted by molar-refractivity contribution is 8.00. The van der Waals surface area contributed by atoms with Gasteiger partial charge in [0.25, 0.3) is 5.91 Å². The van der Waals surface area contributed by atoms with Gasteiger partial charge in [0.1, 0.15) is 0 Å². The Balaban J connectivity index is 0.000000296. The quantitative estimate of drug-likeness (QED) is 0.0260. The van der Waals surface area contributed by atoms with E-state index < -0.39 is 5.51 Å². The monoisotopic (exact) mass is 950 g/mol. The van der Waals surface area contributed by atoms with Crippen LogP contribution in [0, 0.1) is 5.92 Å². The predicted molar refractivity (Wildman–Crippen MR) is 262 cm³/mol. The standard InChI is InChI=1S/C32H29ClF3N3OS2.C18H29NO2S/c33-25-9-5-22(6-10-25)28-4-2-1-3-24(28)19-21-15-17-39(18-16-21)26-11-7-23(8-12-26)31(40)38-42-27-13-14-29(37)30(20-27)41-32(34,35)36;1-19(14-8-4-7-13-18(20)21-2)15-9-10-16-22-17-11-5-3-6-12-17/h1-14,20-21H,15-19,37H2,(H,38,40);3,5-6,11-12H,4,7-10,13-16H2,1-2H3. The molecule has 1 amide bonds. The van der Waals surface area contributed by atoms with Crippen LogP contribution in [0.15, 0.2) is 136 Å². The fraction of sp³-hybridized carbons (Fsp3) is 0.360. The number of ether oxygens (including phenoxy) is 1. The number of nitrogen functional groups attached to an aromatic ring is 1. The number of methoxy groups -OCH3 is 1. The third-order valence-corrected chi connectivity index (χ3v) is 13.8. The number of unbranched alkanes of at least 4 members (excludes halogenated alkanes) is 3. The summed E-state index contributed by atoms with van der Waals surface area (Å²) in [5.74, 6) is 1.35. The maximum atomic E-state index is 12.8. The van der Waals surface area contributed by atoms with Gasteiger partial charge >= 0.3 is 11.5 Å². The molecule has 5 aromatic rings. The number of esters is 1. The lowest BCUT2D eigenvalue weighted by Crippen LogP contribution is -2.34. The second-order valence-electron chi connectivity index (χ2n) is 15.7. The summed E-state index contributed by atoms with van der Waals surface area (Å²) in [5, 5.41) is 0.731. The molecule has 0 bridgehead atoms. The first kappa shape index (κ1) is 50.7. The van der Waals surface area contributed by atoms with Gasteiger partial charge in [0, 0.05) is 56.2 Å². The average Bonchev–Trinajstić information content (AvgIpc) is 3.30. The Morgan fingerprint density at radius 2 is 1.50 bits per heavy atom. The molecule has 0 aromatic heterocycles. The van der Waals surface area contributed by atoms with E-state index in [1.165, 1.54) is 59.4 Å². The number of alkyl halides is 3. The summed E-state index contributed by atoms with van der Waals surface area (Å²) in [7, 11) is 3.64. The number of nitrogens with zero attached hydrogens (tertiary/aromatic N) is 2. The van der Waals surface area contributed by atoms with Gasteiger partial charge in [-0.3, -0.25) is 14.3 Å². The van der Waals surface area contributed by atoms with Gasteiger partial charge in [0.15, 0.2) is 0 Å². The van der Waals surface area contributed by atoms with Crippen LogP contribution in [0.2, 0.25) is 5.02 Å². The van der Waals surface area contributed by atoms with Crippen LogP contribution in [0.1, 0.15) is 67.3 Å². The third-order valence-electron chi connectivity index (χ3n) is 10.9. The highest BCUT2D eigenvalue weighted by Crippen LogP contribution is 2.41. The maximum absolute atomic E-state index is 12.8. The average molecular weight is 952 g/mol. The van der Waals surface area contributed by atoms with Crippen molar-refractivity contribution in [1.82, 2.24) is 9.62 Å². The molecular formula is C50H58ClF3N4O3S3. The molecule has 0 spiro atoms. The SMILES string of the molecule is COC(=O)CCCCCN(C)CCCCSc1ccccc1.Nc1ccc(SNC(=O)c2ccc(N3CCC(Cc4ccccc4-c4ccc(Cl)cc4)CC3)cc2)cc1SC(F)(F)F. The first-order valence-corrected chi connectivity index (χ1v) is 24.6. The fourth-order valence-electron chi connectivity index (χ4n) is 7.33. The number of amides is 1. The number of halogens is 4. The van der Waals surface area contributed by atoms with Gasteiger partial charge in [-0.1, -0.05) is 72.6 Å². The number of nitrogens with one attached hydrogen (secondary N) is 1. The van der Waals surface area contributed by atoms with E-state index in [9.17, 15) is 22.8 Å². The van der Waals surface area contributed by atoms with Crippen LogP contribution in [0.5, 0.6) is 0 Å². The van der Waals surface area contributed by atoms with Crippen molar-refractivity contribution < 1.29 is 27.5 Å². The van der Waals surface area contributed by atoms with Crippen molar-refractivity contribution in [2.45, 2.75) is 78.0 Å². The Kier molecular flexibility index (Phi) is 21.1. The number of carbonyl (C=O) groups is 2. The topological polar surface area (TPSA) is 87.9 Å². The summed E-state index contributed by atoms with van der Waals surface area (Å²) in [5.41, 5.74) is 6.57. The van der Waals surface area contributed by atoms with Crippen molar-refractivity contribution >= 4 is 70.3 Å². The minimum absolute atomic E-state index is 0.0374. The molecule has 1 aliphatic heterocycles. The van der Waals surface area contributed by atoms with E-state index in [0.29, 0.717) is 22.8 Å². The number of carbonyl (C=O) groups excluding carboxylic acids is 2. The van der Waals surface area contributed by atoms with E-state index >= 15 is 0 Å². The largest absolute Gasteiger partial charge is 0.469 e. The van der Waals surface area contributed by atoms with E-state index in [1.54, 1.807) is 18.2 Å². The number of hydrogen-bond acceptors (Lipinski definition) is 9. The fourth-order valence-corrected chi connectivity index (χ4v) is 9.72. The number of benzene rings is 5. The van der Waals surface area contributed by atoms with Crippen LogP contribution in [0.4, 0.5) is 24.5 Å². The van der Waals surface area contributed by atoms with Gasteiger partial charge < -0.3 is 20.3 Å². The van der Waals surface area contributed by atoms with E-state index in [4.69, 9.17) is 17.3 Å². The molecule has 64 heavy (non-hydrogen) atoms. The molecule has 14 heteroatoms. The zero-order chi connectivity index (χ0) is 45.7. The van der Waals surface area contributed by atoms with E-state index in [-0.39, 0.29) is 34.2 Å². The summed E-state index contributed by atoms with van der Waals surface area (Å²) in [6, 6.07) is 38.9. The molecule has 0 saturated carbocycles. The first-order valence-electron chi connectivity index (χ1n) is 21.6. The molecule has 0 aliphatic carbocycles. The summed E-state index contributed by atoms with van der Waals surface area (Å²) in [6.45, 7) is 4.15. The zero-order valence-corrected chi connectivity index (χ0v) is 39.7. The number of hydrogen-bond donors (Lipinski definition) is 2. The van der Waals surface area contributed by atoms with Crippen LogP contribution in [-0.2, 0) is 16.0 Å². The van der Waals surface area contributed by atoms with Crippen molar-refractivity contribution in [3.8, 4) is 11.1 Å². The van der Waals surface area contributed by atoms with Gasteiger partial charge in [-0.25, -0.2) is 0 Å². The van der Waals surface area contributed by atoms with Crippen molar-refractivity contribution in [1.29, 1.82) is 0 Å². The molecule has 7 nitrogen and oxygen atoms in total. The summed E-state index contributed by atoms with van der Waals surface area (Å²) in [4.78, 5) is 30.1. The molecular weight excluding hydrogens is 893 g/mol. The van der Waals surface area contributed by atoms with Gasteiger partial charge in [-0.15, -0.1) is 11.8 Å². The molecule has 0 radical (unpaired) electrons. The molecule has 1 fully saturated rings. The Morgan fingerprint density at radius 1 is 0.828 bits per heavy atom. The second-order valence-corrected chi connectivity index (χ2v) is 19.3. The number of thioether (sulfide) groups is 2. The highest BCUT2D eigenvalue weighted by atomic mass is 35.5. The molecule has 0 atom stereocenters. The van der Waals surface area contributed by atoms with Crippen molar-refractivity contribution in [3.63, 3.8) is 0 Å². The van der Waals surface area contributed by atoms with Gasteiger partial charge in [-0.2, -0.15) is 13.2 Å². The molecule has 0 unspecified atom stereocenters. The maximum Gasteiger partial charge on any atom is 0.446 e. The molecule has 1 heterocycles. The lowest BCUT2D eigenvalue weighted by atomic mass is 9.87. The molecule has 3 N–H and O–H groups in total. The summed E-state index contributed by atoms with van der Waals surface area (Å²) < 4.78 is 45.6. The van der Waals surface area contributed by atoms with E-state index in [0.717, 1.165) is 87.4 Å². The van der Waals surface area contributed by atoms with Crippen molar-refractivity contribution in [2.24, 2.45) is 5.92 Å². The lowest BCUT2D eigenvalue weighted by Gasteiger charge is -2.34. The second kappa shape index (κ2) is 26.6. The first-order chi connectivity index (χ1) is 30.9. The minimum Gasteiger partial charge on any atom is -0.469 e. The van der Waals surface area contributed by atoms with Crippen molar-refractivity contribution in [3.05, 3.63) is 137 Å². The molecule has 5 aromatic carbocycles. The Bertz CT molecular complexity index is 2180. The smallest absolute Gasteiger partial charge is 0.446 e. The zero-order valence-electron chi connectivity index (χ0n) is 36.5. The number of rotatable bonds is 20. The predicted octanol–water partition coefficient (Wildman–Crippen LogP) is 13.3. The third kappa shape index (κ3) is 18.0. The highest BCUT2D eigenvalue weighted by Gasteiger charge is 2.30. The Labute approximate surface area is 394 Å². The number of nitrogens with two attached hydrogens (primary N) is 1. The van der Waals surface area contributed by atoms with Crippen LogP contribution in [-0.4, -0.2) is 68.4 Å². The minimum atomic E-state index is -4.44. The van der Waals surface area contributed by atoms with Crippen LogP contribution in [0.3, 0.4) is 0 Å². The number of anilines is 2. The van der Waals surface area contributed by atoms with Gasteiger partial charge in [-0.05, 0) is 184 Å². The van der Waals surface area contributed by atoms with Crippen LogP contribution in [0.25, 0.3) is 11.1 Å². The van der Waals surface area contributed by atoms with Gasteiger partial charge in [0.05, 0.1) is 7.11 Å². The molecule has 1 aliphatic rings. The van der Waals surface area contributed by atoms with Crippen LogP contribution >= 0.6 is 47.1 Å².